The average molecular weight is 669 g/mol. The summed E-state index contributed by atoms with van der Waals surface area (Å²) < 4.78 is 27.3. The summed E-state index contributed by atoms with van der Waals surface area (Å²) in [5, 5.41) is 3.66. The number of nitrogens with one attached hydrogen (secondary N) is 1. The van der Waals surface area contributed by atoms with Crippen molar-refractivity contribution in [3.05, 3.63) is 98.4 Å². The smallest absolute Gasteiger partial charge is 0.244 e. The molecule has 3 aromatic rings. The minimum atomic E-state index is -3.87. The van der Waals surface area contributed by atoms with E-state index in [1.165, 1.54) is 4.90 Å². The number of anilines is 1. The lowest BCUT2D eigenvalue weighted by Crippen LogP contribution is -2.54. The summed E-state index contributed by atoms with van der Waals surface area (Å²) in [4.78, 5) is 29.2. The molecule has 0 aliphatic heterocycles. The van der Waals surface area contributed by atoms with E-state index in [0.29, 0.717) is 32.2 Å². The van der Waals surface area contributed by atoms with Gasteiger partial charge in [-0.3, -0.25) is 13.9 Å². The van der Waals surface area contributed by atoms with Gasteiger partial charge in [-0.1, -0.05) is 78.7 Å². The zero-order chi connectivity index (χ0) is 29.4. The lowest BCUT2D eigenvalue weighted by atomic mass is 10.0. The van der Waals surface area contributed by atoms with Crippen LogP contribution in [0.25, 0.3) is 0 Å². The Bertz CT molecular complexity index is 1440. The highest BCUT2D eigenvalue weighted by Gasteiger charge is 2.33. The van der Waals surface area contributed by atoms with Crippen molar-refractivity contribution >= 4 is 66.7 Å². The normalized spacial score (nSPS) is 12.8. The van der Waals surface area contributed by atoms with Crippen molar-refractivity contribution in [3.8, 4) is 0 Å². The first-order valence-electron chi connectivity index (χ1n) is 12.7. The van der Waals surface area contributed by atoms with Gasteiger partial charge in [0.2, 0.25) is 21.8 Å². The molecular formula is C29H32BrCl2N3O4S. The van der Waals surface area contributed by atoms with Crippen LogP contribution < -0.4 is 9.62 Å². The Balaban J connectivity index is 2.09. The Kier molecular flexibility index (Phi) is 11.5. The lowest BCUT2D eigenvalue weighted by molar-refractivity contribution is -0.140. The Morgan fingerprint density at radius 1 is 0.950 bits per heavy atom. The van der Waals surface area contributed by atoms with Crippen LogP contribution in [-0.2, 0) is 32.6 Å². The summed E-state index contributed by atoms with van der Waals surface area (Å²) in [6, 6.07) is 20.0. The molecule has 2 atom stereocenters. The Morgan fingerprint density at radius 2 is 1.60 bits per heavy atom. The van der Waals surface area contributed by atoms with Crippen LogP contribution in [0.15, 0.2) is 77.3 Å². The van der Waals surface area contributed by atoms with Crippen LogP contribution in [0.3, 0.4) is 0 Å². The number of hydrogen-bond acceptors (Lipinski definition) is 4. The Morgan fingerprint density at radius 3 is 2.20 bits per heavy atom. The van der Waals surface area contributed by atoms with Crippen LogP contribution in [0.5, 0.6) is 0 Å². The second-order valence-electron chi connectivity index (χ2n) is 9.51. The number of nitrogens with zero attached hydrogens (tertiary/aromatic N) is 2. The van der Waals surface area contributed by atoms with E-state index < -0.39 is 28.5 Å². The van der Waals surface area contributed by atoms with Gasteiger partial charge in [0.1, 0.15) is 12.6 Å². The number of hydrogen-bond donors (Lipinski definition) is 1. The topological polar surface area (TPSA) is 86.8 Å². The fourth-order valence-electron chi connectivity index (χ4n) is 4.08. The number of rotatable bonds is 12. The van der Waals surface area contributed by atoms with Gasteiger partial charge in [-0.05, 0) is 64.7 Å². The third-order valence-electron chi connectivity index (χ3n) is 6.41. The van der Waals surface area contributed by atoms with Crippen molar-refractivity contribution in [3.63, 3.8) is 0 Å². The predicted molar refractivity (Wildman–Crippen MR) is 165 cm³/mol. The molecule has 40 heavy (non-hydrogen) atoms. The van der Waals surface area contributed by atoms with Gasteiger partial charge in [-0.25, -0.2) is 8.42 Å². The van der Waals surface area contributed by atoms with Crippen molar-refractivity contribution in [2.75, 3.05) is 17.1 Å². The van der Waals surface area contributed by atoms with Crippen LogP contribution in [-0.4, -0.2) is 50.0 Å². The van der Waals surface area contributed by atoms with Crippen LogP contribution in [0, 0.1) is 0 Å². The third-order valence-corrected chi connectivity index (χ3v) is 8.95. The maximum atomic E-state index is 14.1. The van der Waals surface area contributed by atoms with E-state index in [1.807, 2.05) is 44.2 Å². The molecule has 0 fully saturated rings. The zero-order valence-corrected chi connectivity index (χ0v) is 26.4. The van der Waals surface area contributed by atoms with Crippen LogP contribution in [0.1, 0.15) is 31.4 Å². The maximum Gasteiger partial charge on any atom is 0.244 e. The molecule has 0 unspecified atom stereocenters. The first-order valence-corrected chi connectivity index (χ1v) is 16.1. The molecule has 0 bridgehead atoms. The molecule has 2 amide bonds. The van der Waals surface area contributed by atoms with E-state index in [1.54, 1.807) is 42.5 Å². The van der Waals surface area contributed by atoms with Gasteiger partial charge in [0, 0.05) is 23.5 Å². The van der Waals surface area contributed by atoms with Gasteiger partial charge in [-0.15, -0.1) is 0 Å². The van der Waals surface area contributed by atoms with E-state index in [-0.39, 0.29) is 24.9 Å². The Labute approximate surface area is 254 Å². The molecule has 3 rings (SSSR count). The molecule has 0 saturated heterocycles. The monoisotopic (exact) mass is 667 g/mol. The van der Waals surface area contributed by atoms with Crippen LogP contribution in [0.2, 0.25) is 10.0 Å². The number of para-hydroxylation sites is 1. The lowest BCUT2D eigenvalue weighted by Gasteiger charge is -2.34. The number of carbonyl (C=O) groups is 2. The number of carbonyl (C=O) groups excluding carboxylic acids is 2. The van der Waals surface area contributed by atoms with Crippen molar-refractivity contribution in [1.82, 2.24) is 10.2 Å². The third kappa shape index (κ3) is 8.70. The molecule has 0 aliphatic rings. The van der Waals surface area contributed by atoms with E-state index in [9.17, 15) is 18.0 Å². The predicted octanol–water partition coefficient (Wildman–Crippen LogP) is 6.08. The largest absolute Gasteiger partial charge is 0.352 e. The van der Waals surface area contributed by atoms with Gasteiger partial charge in [0.25, 0.3) is 0 Å². The van der Waals surface area contributed by atoms with Gasteiger partial charge in [0.05, 0.1) is 22.0 Å². The second kappa shape index (κ2) is 14.3. The Hall–Kier alpha value is -2.59. The molecule has 1 N–H and O–H groups in total. The average Bonchev–Trinajstić information content (AvgIpc) is 2.91. The fourth-order valence-corrected chi connectivity index (χ4v) is 5.88. The summed E-state index contributed by atoms with van der Waals surface area (Å²) >= 11 is 15.8. The maximum absolute atomic E-state index is 14.1. The number of sulfonamides is 1. The van der Waals surface area contributed by atoms with E-state index >= 15 is 0 Å². The molecule has 0 aliphatic carbocycles. The highest BCUT2D eigenvalue weighted by atomic mass is 79.9. The molecule has 0 aromatic heterocycles. The van der Waals surface area contributed by atoms with Crippen LogP contribution >= 0.6 is 39.1 Å². The molecule has 11 heteroatoms. The molecule has 214 valence electrons. The van der Waals surface area contributed by atoms with Crippen molar-refractivity contribution < 1.29 is 18.0 Å². The standard InChI is InChI=1S/C29H32BrCl2N3O4S/c1-4-20(2)33-29(37)27(17-21-10-6-5-7-11-21)34(18-22-14-15-24(31)25(32)16-22)28(36)19-35(40(3,38)39)26-13-9-8-12-23(26)30/h5-16,20,27H,4,17-19H2,1-3H3,(H,33,37)/t20-,27+/m1/s1. The highest BCUT2D eigenvalue weighted by molar-refractivity contribution is 9.10. The van der Waals surface area contributed by atoms with E-state index in [4.69, 9.17) is 23.2 Å². The zero-order valence-electron chi connectivity index (χ0n) is 22.5. The number of halogens is 3. The number of amides is 2. The first kappa shape index (κ1) is 31.9. The molecule has 0 heterocycles. The van der Waals surface area contributed by atoms with Crippen molar-refractivity contribution in [2.45, 2.75) is 45.3 Å². The summed E-state index contributed by atoms with van der Waals surface area (Å²) in [6.45, 7) is 3.35. The minimum Gasteiger partial charge on any atom is -0.352 e. The molecular weight excluding hydrogens is 637 g/mol. The van der Waals surface area contributed by atoms with Gasteiger partial charge >= 0.3 is 0 Å². The minimum absolute atomic E-state index is 0.00864. The molecule has 0 spiro atoms. The molecule has 0 saturated carbocycles. The SMILES string of the molecule is CC[C@@H](C)NC(=O)[C@H](Cc1ccccc1)N(Cc1ccc(Cl)c(Cl)c1)C(=O)CN(c1ccccc1Br)S(C)(=O)=O. The first-order chi connectivity index (χ1) is 18.9. The highest BCUT2D eigenvalue weighted by Crippen LogP contribution is 2.29. The summed E-state index contributed by atoms with van der Waals surface area (Å²) in [5.41, 5.74) is 1.81. The quantitative estimate of drug-likeness (QED) is 0.254. The fraction of sp³-hybridized carbons (Fsp3) is 0.310. The summed E-state index contributed by atoms with van der Waals surface area (Å²) in [6.07, 6.45) is 1.97. The summed E-state index contributed by atoms with van der Waals surface area (Å²) in [5.74, 6) is -0.883. The van der Waals surface area contributed by atoms with Crippen LogP contribution in [0.4, 0.5) is 5.69 Å². The molecule has 7 nitrogen and oxygen atoms in total. The van der Waals surface area contributed by atoms with Gasteiger partial charge in [0.15, 0.2) is 0 Å². The van der Waals surface area contributed by atoms with Gasteiger partial charge < -0.3 is 10.2 Å². The number of benzene rings is 3. The summed E-state index contributed by atoms with van der Waals surface area (Å²) in [7, 11) is -3.87. The van der Waals surface area contributed by atoms with E-state index in [0.717, 1.165) is 16.1 Å². The second-order valence-corrected chi connectivity index (χ2v) is 13.1. The van der Waals surface area contributed by atoms with Crippen molar-refractivity contribution in [1.29, 1.82) is 0 Å². The van der Waals surface area contributed by atoms with Crippen molar-refractivity contribution in [2.24, 2.45) is 0 Å². The van der Waals surface area contributed by atoms with Gasteiger partial charge in [-0.2, -0.15) is 0 Å². The molecule has 3 aromatic carbocycles. The van der Waals surface area contributed by atoms with E-state index in [2.05, 4.69) is 21.2 Å². The molecule has 0 radical (unpaired) electrons.